The molecule has 0 aliphatic heterocycles. The van der Waals surface area contributed by atoms with Crippen molar-refractivity contribution in [2.24, 2.45) is 11.8 Å². The van der Waals surface area contributed by atoms with E-state index in [1.807, 2.05) is 10.9 Å². The average Bonchev–Trinajstić information content (AvgIpc) is 3.34. The molecule has 0 saturated heterocycles. The fourth-order valence-electron chi connectivity index (χ4n) is 6.24. The van der Waals surface area contributed by atoms with Gasteiger partial charge in [-0.1, -0.05) is 6.07 Å². The summed E-state index contributed by atoms with van der Waals surface area (Å²) in [4.78, 5) is 17.5. The van der Waals surface area contributed by atoms with Gasteiger partial charge in [0, 0.05) is 27.9 Å². The Labute approximate surface area is 231 Å². The van der Waals surface area contributed by atoms with Crippen LogP contribution in [0.2, 0.25) is 0 Å². The van der Waals surface area contributed by atoms with E-state index in [0.29, 0.717) is 50.3 Å². The van der Waals surface area contributed by atoms with Gasteiger partial charge in [-0.25, -0.2) is 13.4 Å². The third-order valence-corrected chi connectivity index (χ3v) is 10.9. The van der Waals surface area contributed by atoms with Crippen LogP contribution in [0.5, 0.6) is 11.5 Å². The largest absolute Gasteiger partial charge is 0.453 e. The summed E-state index contributed by atoms with van der Waals surface area (Å²) >= 11 is 0. The first-order valence-electron chi connectivity index (χ1n) is 13.7. The van der Waals surface area contributed by atoms with Crippen molar-refractivity contribution >= 4 is 32.2 Å². The lowest BCUT2D eigenvalue weighted by Crippen LogP contribution is -2.17. The fraction of sp³-hybridized carbons (Fsp3) is 0.367. The number of hydrogen-bond donors (Lipinski definition) is 2. The lowest BCUT2D eigenvalue weighted by Gasteiger charge is -2.24. The quantitative estimate of drug-likeness (QED) is 0.260. The minimum atomic E-state index is -2.91. The average molecular weight is 560 g/mol. The van der Waals surface area contributed by atoms with Crippen LogP contribution >= 0.6 is 0 Å². The highest BCUT2D eigenvalue weighted by atomic mass is 32.2. The van der Waals surface area contributed by atoms with Gasteiger partial charge in [-0.2, -0.15) is 5.10 Å². The minimum Gasteiger partial charge on any atom is -0.453 e. The van der Waals surface area contributed by atoms with Gasteiger partial charge in [0.15, 0.2) is 11.6 Å². The molecule has 4 aromatic rings. The number of aryl methyl sites for hydroxylation is 1. The van der Waals surface area contributed by atoms with E-state index in [4.69, 9.17) is 9.52 Å². The van der Waals surface area contributed by atoms with Gasteiger partial charge in [-0.3, -0.25) is 14.5 Å². The lowest BCUT2D eigenvalue weighted by atomic mass is 9.84. The maximum atomic E-state index is 15.3. The third-order valence-electron chi connectivity index (χ3n) is 8.50. The van der Waals surface area contributed by atoms with Gasteiger partial charge < -0.3 is 10.1 Å². The summed E-state index contributed by atoms with van der Waals surface area (Å²) in [6, 6.07) is 10.2. The number of anilines is 1. The summed E-state index contributed by atoms with van der Waals surface area (Å²) in [5.74, 6) is 1.11. The molecule has 0 spiro atoms. The number of hydrogen-bond acceptors (Lipinski definition) is 6. The van der Waals surface area contributed by atoms with Crippen molar-refractivity contribution < 1.29 is 18.1 Å². The molecule has 0 radical (unpaired) electrons. The molecule has 8 nitrogen and oxygen atoms in total. The SMILES string of the molecule is Cc1cc(CC(=O)Nc2cnn(C3CC4CC3C4)c2)cc(F)c1Oc1ccnc2ccc(S(=N)(=O)C3CC3)cc12. The second-order valence-electron chi connectivity index (χ2n) is 11.4. The molecule has 10 heteroatoms. The second kappa shape index (κ2) is 9.40. The summed E-state index contributed by atoms with van der Waals surface area (Å²) in [5.41, 5.74) is 2.32. The number of aromatic nitrogens is 3. The van der Waals surface area contributed by atoms with Crippen LogP contribution in [0.3, 0.4) is 0 Å². The van der Waals surface area contributed by atoms with Crippen LogP contribution < -0.4 is 10.1 Å². The zero-order valence-corrected chi connectivity index (χ0v) is 22.9. The molecule has 4 aliphatic carbocycles. The smallest absolute Gasteiger partial charge is 0.228 e. The molecule has 2 aromatic heterocycles. The topological polar surface area (TPSA) is 110 Å². The molecule has 40 heavy (non-hydrogen) atoms. The number of carbonyl (C=O) groups excluding carboxylic acids is 1. The molecule has 2 bridgehead atoms. The molecule has 2 heterocycles. The molecule has 4 saturated carbocycles. The highest BCUT2D eigenvalue weighted by molar-refractivity contribution is 7.93. The first-order chi connectivity index (χ1) is 19.2. The number of nitrogens with one attached hydrogen (secondary N) is 2. The zero-order valence-electron chi connectivity index (χ0n) is 22.1. The van der Waals surface area contributed by atoms with Gasteiger partial charge in [0.2, 0.25) is 5.91 Å². The Bertz CT molecular complexity index is 1740. The molecule has 4 aliphatic rings. The predicted molar refractivity (Wildman–Crippen MR) is 150 cm³/mol. The molecule has 2 N–H and O–H groups in total. The summed E-state index contributed by atoms with van der Waals surface area (Å²) < 4.78 is 44.7. The molecular weight excluding hydrogens is 529 g/mol. The number of nitrogens with zero attached hydrogens (tertiary/aromatic N) is 3. The maximum Gasteiger partial charge on any atom is 0.228 e. The van der Waals surface area contributed by atoms with Crippen LogP contribution in [0.25, 0.3) is 10.9 Å². The number of carbonyl (C=O) groups is 1. The molecule has 2 unspecified atom stereocenters. The summed E-state index contributed by atoms with van der Waals surface area (Å²) in [7, 11) is -2.91. The Balaban J connectivity index is 1.07. The van der Waals surface area contributed by atoms with Crippen LogP contribution in [0, 0.1) is 29.4 Å². The number of benzene rings is 2. The van der Waals surface area contributed by atoms with Crippen molar-refractivity contribution in [3.63, 3.8) is 0 Å². The predicted octanol–water partition coefficient (Wildman–Crippen LogP) is 6.39. The van der Waals surface area contributed by atoms with E-state index in [1.165, 1.54) is 18.9 Å². The van der Waals surface area contributed by atoms with E-state index in [9.17, 15) is 9.00 Å². The fourth-order valence-corrected chi connectivity index (χ4v) is 7.99. The van der Waals surface area contributed by atoms with Crippen molar-refractivity contribution in [1.29, 1.82) is 4.78 Å². The number of rotatable bonds is 8. The van der Waals surface area contributed by atoms with E-state index in [0.717, 1.165) is 25.2 Å². The van der Waals surface area contributed by atoms with Crippen molar-refractivity contribution in [1.82, 2.24) is 14.8 Å². The van der Waals surface area contributed by atoms with Crippen LogP contribution in [-0.4, -0.2) is 30.1 Å². The summed E-state index contributed by atoms with van der Waals surface area (Å²) in [6.07, 6.45) is 10.4. The van der Waals surface area contributed by atoms with Crippen molar-refractivity contribution in [2.75, 3.05) is 5.32 Å². The van der Waals surface area contributed by atoms with E-state index < -0.39 is 15.5 Å². The summed E-state index contributed by atoms with van der Waals surface area (Å²) in [6.45, 7) is 1.73. The van der Waals surface area contributed by atoms with Gasteiger partial charge in [0.1, 0.15) is 5.75 Å². The molecule has 4 fully saturated rings. The van der Waals surface area contributed by atoms with Gasteiger partial charge in [0.25, 0.3) is 0 Å². The van der Waals surface area contributed by atoms with Crippen LogP contribution in [-0.2, 0) is 20.9 Å². The Morgan fingerprint density at radius 2 is 2.02 bits per heavy atom. The van der Waals surface area contributed by atoms with Crippen LogP contribution in [0.4, 0.5) is 10.1 Å². The van der Waals surface area contributed by atoms with E-state index >= 15 is 4.39 Å². The Morgan fingerprint density at radius 3 is 2.75 bits per heavy atom. The molecule has 2 atom stereocenters. The molecule has 8 rings (SSSR count). The number of fused-ring (bicyclic) bond motifs is 2. The number of halogens is 1. The number of pyridine rings is 1. The Hall–Kier alpha value is -3.79. The van der Waals surface area contributed by atoms with Gasteiger partial charge in [-0.15, -0.1) is 0 Å². The van der Waals surface area contributed by atoms with E-state index in [2.05, 4.69) is 15.4 Å². The lowest BCUT2D eigenvalue weighted by molar-refractivity contribution is -0.115. The Morgan fingerprint density at radius 1 is 1.20 bits per heavy atom. The molecule has 206 valence electrons. The third kappa shape index (κ3) is 4.54. The maximum absolute atomic E-state index is 15.3. The van der Waals surface area contributed by atoms with Gasteiger partial charge in [0.05, 0.1) is 39.6 Å². The molecular formula is C30H30FN5O3S. The van der Waals surface area contributed by atoms with Crippen molar-refractivity contribution in [3.05, 3.63) is 71.9 Å². The first-order valence-corrected chi connectivity index (χ1v) is 15.3. The van der Waals surface area contributed by atoms with Gasteiger partial charge in [-0.05, 0) is 92.3 Å². The second-order valence-corrected chi connectivity index (χ2v) is 13.8. The molecule has 2 aromatic carbocycles. The first kappa shape index (κ1) is 25.2. The number of ether oxygens (including phenoxy) is 1. The molecule has 1 amide bonds. The van der Waals surface area contributed by atoms with Crippen LogP contribution in [0.15, 0.2) is 59.9 Å². The van der Waals surface area contributed by atoms with Crippen LogP contribution in [0.1, 0.15) is 49.3 Å². The number of amides is 1. The highest BCUT2D eigenvalue weighted by Crippen LogP contribution is 2.54. The van der Waals surface area contributed by atoms with E-state index in [-0.39, 0.29) is 23.3 Å². The summed E-state index contributed by atoms with van der Waals surface area (Å²) in [5, 5.41) is 7.79. The van der Waals surface area contributed by atoms with Crippen molar-refractivity contribution in [2.45, 2.75) is 61.6 Å². The minimum absolute atomic E-state index is 0.0118. The monoisotopic (exact) mass is 559 g/mol. The van der Waals surface area contributed by atoms with Crippen molar-refractivity contribution in [3.8, 4) is 11.5 Å². The highest BCUT2D eigenvalue weighted by Gasteiger charge is 2.45. The van der Waals surface area contributed by atoms with E-state index in [1.54, 1.807) is 49.6 Å². The van der Waals surface area contributed by atoms with Gasteiger partial charge >= 0.3 is 0 Å². The standard InChI is InChI=1S/C30H30FN5O3S/c1-17-8-18(13-29(37)35-21-15-34-36(16-21)27-12-19-9-20(27)10-19)11-25(31)30(17)39-28-6-7-33-26-5-4-23(14-24(26)28)40(32,38)22-2-3-22/h4-8,11,14-16,19-20,22,27,32H,2-3,9-10,12-13H2,1H3,(H,35,37). The zero-order chi connectivity index (χ0) is 27.6. The Kier molecular flexibility index (Phi) is 5.92. The normalized spacial score (nSPS) is 23.0.